The highest BCUT2D eigenvalue weighted by molar-refractivity contribution is 5.85. The maximum absolute atomic E-state index is 12.1. The number of nitrogens with zero attached hydrogens (tertiary/aromatic N) is 1. The lowest BCUT2D eigenvalue weighted by molar-refractivity contribution is -0.127. The van der Waals surface area contributed by atoms with Crippen LogP contribution in [0.5, 0.6) is 17.2 Å². The van der Waals surface area contributed by atoms with E-state index >= 15 is 0 Å². The van der Waals surface area contributed by atoms with Crippen molar-refractivity contribution in [3.8, 4) is 17.2 Å². The van der Waals surface area contributed by atoms with Gasteiger partial charge in [0.1, 0.15) is 5.75 Å². The van der Waals surface area contributed by atoms with Crippen molar-refractivity contribution in [3.63, 3.8) is 0 Å². The zero-order valence-corrected chi connectivity index (χ0v) is 14.4. The van der Waals surface area contributed by atoms with E-state index in [1.807, 2.05) is 38.1 Å². The number of nitrogens with one attached hydrogen (secondary N) is 1. The van der Waals surface area contributed by atoms with E-state index in [1.165, 1.54) is 0 Å². The van der Waals surface area contributed by atoms with Crippen molar-refractivity contribution in [2.75, 3.05) is 6.79 Å². The van der Waals surface area contributed by atoms with Gasteiger partial charge in [0.15, 0.2) is 17.6 Å². The first kappa shape index (κ1) is 16.8. The number of aryl methyl sites for hydroxylation is 2. The minimum absolute atomic E-state index is 0.222. The van der Waals surface area contributed by atoms with Crippen molar-refractivity contribution in [1.82, 2.24) is 5.43 Å². The van der Waals surface area contributed by atoms with Gasteiger partial charge in [-0.05, 0) is 67.8 Å². The Morgan fingerprint density at radius 3 is 2.64 bits per heavy atom. The second-order valence-electron chi connectivity index (χ2n) is 5.93. The molecule has 6 nitrogen and oxygen atoms in total. The summed E-state index contributed by atoms with van der Waals surface area (Å²) >= 11 is 0. The van der Waals surface area contributed by atoms with Gasteiger partial charge in [0, 0.05) is 0 Å². The van der Waals surface area contributed by atoms with E-state index in [2.05, 4.69) is 10.5 Å². The molecular formula is C19H20N2O4. The van der Waals surface area contributed by atoms with Gasteiger partial charge in [0.25, 0.3) is 5.91 Å². The van der Waals surface area contributed by atoms with Crippen LogP contribution in [0.4, 0.5) is 0 Å². The quantitative estimate of drug-likeness (QED) is 0.671. The van der Waals surface area contributed by atoms with E-state index in [-0.39, 0.29) is 12.7 Å². The van der Waals surface area contributed by atoms with Gasteiger partial charge in [-0.3, -0.25) is 4.79 Å². The van der Waals surface area contributed by atoms with E-state index in [9.17, 15) is 4.79 Å². The summed E-state index contributed by atoms with van der Waals surface area (Å²) < 4.78 is 16.2. The molecule has 2 aromatic rings. The SMILES string of the molecule is Cc1cc(C)cc(O[C@@H](C)C(=O)N/N=C\c2ccc3c(c2)OCO3)c1. The smallest absolute Gasteiger partial charge is 0.280 e. The number of ether oxygens (including phenoxy) is 3. The number of amides is 1. The van der Waals surface area contributed by atoms with Crippen molar-refractivity contribution in [3.05, 3.63) is 53.1 Å². The standard InChI is InChI=1S/C19H20N2O4/c1-12-6-13(2)8-16(7-12)25-14(3)19(22)21-20-10-15-4-5-17-18(9-15)24-11-23-17/h4-10,14H,11H2,1-3H3,(H,21,22)/b20-10-/t14-/m0/s1. The number of carbonyl (C=O) groups is 1. The summed E-state index contributed by atoms with van der Waals surface area (Å²) in [5.41, 5.74) is 5.45. The third-order valence-electron chi connectivity index (χ3n) is 3.66. The zero-order valence-electron chi connectivity index (χ0n) is 14.4. The zero-order chi connectivity index (χ0) is 17.8. The number of hydrogen-bond donors (Lipinski definition) is 1. The molecule has 0 aromatic heterocycles. The lowest BCUT2D eigenvalue weighted by Gasteiger charge is -2.14. The maximum Gasteiger partial charge on any atom is 0.280 e. The highest BCUT2D eigenvalue weighted by atomic mass is 16.7. The maximum atomic E-state index is 12.1. The predicted octanol–water partition coefficient (Wildman–Crippen LogP) is 2.95. The summed E-state index contributed by atoms with van der Waals surface area (Å²) in [7, 11) is 0. The third-order valence-corrected chi connectivity index (χ3v) is 3.66. The second kappa shape index (κ2) is 7.25. The molecule has 1 heterocycles. The molecular weight excluding hydrogens is 320 g/mol. The predicted molar refractivity (Wildman–Crippen MR) is 94.3 cm³/mol. The monoisotopic (exact) mass is 340 g/mol. The molecule has 130 valence electrons. The summed E-state index contributed by atoms with van der Waals surface area (Å²) in [6.45, 7) is 5.88. The molecule has 0 spiro atoms. The van der Waals surface area contributed by atoms with Crippen molar-refractivity contribution in [2.24, 2.45) is 5.10 Å². The first-order valence-electron chi connectivity index (χ1n) is 7.99. The first-order valence-corrected chi connectivity index (χ1v) is 7.99. The first-order chi connectivity index (χ1) is 12.0. The van der Waals surface area contributed by atoms with Crippen LogP contribution in [-0.4, -0.2) is 25.0 Å². The van der Waals surface area contributed by atoms with Crippen LogP contribution in [0.25, 0.3) is 0 Å². The Morgan fingerprint density at radius 2 is 1.88 bits per heavy atom. The molecule has 1 aliphatic heterocycles. The van der Waals surface area contributed by atoms with E-state index < -0.39 is 6.10 Å². The normalized spacial score (nSPS) is 13.7. The van der Waals surface area contributed by atoms with Crippen LogP contribution < -0.4 is 19.6 Å². The van der Waals surface area contributed by atoms with Gasteiger partial charge in [-0.2, -0.15) is 5.10 Å². The van der Waals surface area contributed by atoms with Crippen LogP contribution >= 0.6 is 0 Å². The Labute approximate surface area is 146 Å². The van der Waals surface area contributed by atoms with Crippen LogP contribution in [0.2, 0.25) is 0 Å². The third kappa shape index (κ3) is 4.29. The number of rotatable bonds is 5. The Balaban J connectivity index is 1.56. The van der Waals surface area contributed by atoms with Crippen LogP contribution in [0, 0.1) is 13.8 Å². The van der Waals surface area contributed by atoms with Gasteiger partial charge in [0.05, 0.1) is 6.21 Å². The second-order valence-corrected chi connectivity index (χ2v) is 5.93. The molecule has 0 saturated carbocycles. The summed E-state index contributed by atoms with van der Waals surface area (Å²) in [6, 6.07) is 11.3. The van der Waals surface area contributed by atoms with Crippen molar-refractivity contribution >= 4 is 12.1 Å². The van der Waals surface area contributed by atoms with Gasteiger partial charge in [-0.15, -0.1) is 0 Å². The minimum Gasteiger partial charge on any atom is -0.481 e. The molecule has 0 aliphatic carbocycles. The molecule has 25 heavy (non-hydrogen) atoms. The molecule has 0 saturated heterocycles. The number of carbonyl (C=O) groups excluding carboxylic acids is 1. The van der Waals surface area contributed by atoms with Gasteiger partial charge >= 0.3 is 0 Å². The minimum atomic E-state index is -0.657. The lowest BCUT2D eigenvalue weighted by atomic mass is 10.1. The lowest BCUT2D eigenvalue weighted by Crippen LogP contribution is -2.33. The summed E-state index contributed by atoms with van der Waals surface area (Å²) in [5, 5.41) is 3.96. The van der Waals surface area contributed by atoms with Gasteiger partial charge in [-0.1, -0.05) is 6.07 Å². The van der Waals surface area contributed by atoms with Gasteiger partial charge in [0.2, 0.25) is 6.79 Å². The molecule has 2 aromatic carbocycles. The number of hydrazone groups is 1. The topological polar surface area (TPSA) is 69.2 Å². The summed E-state index contributed by atoms with van der Waals surface area (Å²) in [5.74, 6) is 1.72. The van der Waals surface area contributed by atoms with Crippen molar-refractivity contribution < 1.29 is 19.0 Å². The highest BCUT2D eigenvalue weighted by Crippen LogP contribution is 2.31. The van der Waals surface area contributed by atoms with Crippen LogP contribution in [0.15, 0.2) is 41.5 Å². The molecule has 3 rings (SSSR count). The Bertz CT molecular complexity index is 797. The van der Waals surface area contributed by atoms with Crippen LogP contribution in [-0.2, 0) is 4.79 Å². The molecule has 0 unspecified atom stereocenters. The van der Waals surface area contributed by atoms with E-state index in [1.54, 1.807) is 25.3 Å². The number of fused-ring (bicyclic) bond motifs is 1. The van der Waals surface area contributed by atoms with E-state index in [4.69, 9.17) is 14.2 Å². The van der Waals surface area contributed by atoms with Crippen molar-refractivity contribution in [1.29, 1.82) is 0 Å². The molecule has 0 radical (unpaired) electrons. The summed E-state index contributed by atoms with van der Waals surface area (Å²) in [4.78, 5) is 12.1. The van der Waals surface area contributed by atoms with Gasteiger partial charge < -0.3 is 14.2 Å². The highest BCUT2D eigenvalue weighted by Gasteiger charge is 2.15. The van der Waals surface area contributed by atoms with E-state index in [0.717, 1.165) is 16.7 Å². The number of benzene rings is 2. The molecule has 1 atom stereocenters. The molecule has 0 fully saturated rings. The average molecular weight is 340 g/mol. The fourth-order valence-electron chi connectivity index (χ4n) is 2.51. The largest absolute Gasteiger partial charge is 0.481 e. The van der Waals surface area contributed by atoms with Crippen LogP contribution in [0.1, 0.15) is 23.6 Å². The molecule has 0 bridgehead atoms. The summed E-state index contributed by atoms with van der Waals surface area (Å²) in [6.07, 6.45) is 0.888. The molecule has 1 N–H and O–H groups in total. The fraction of sp³-hybridized carbons (Fsp3) is 0.263. The molecule has 1 aliphatic rings. The van der Waals surface area contributed by atoms with Crippen LogP contribution in [0.3, 0.4) is 0 Å². The van der Waals surface area contributed by atoms with Crippen molar-refractivity contribution in [2.45, 2.75) is 26.9 Å². The Morgan fingerprint density at radius 1 is 1.16 bits per heavy atom. The Kier molecular flexibility index (Phi) is 4.88. The fourth-order valence-corrected chi connectivity index (χ4v) is 2.51. The average Bonchev–Trinajstić information content (AvgIpc) is 3.01. The van der Waals surface area contributed by atoms with E-state index in [0.29, 0.717) is 17.2 Å². The molecule has 1 amide bonds. The van der Waals surface area contributed by atoms with Gasteiger partial charge in [-0.25, -0.2) is 5.43 Å². The molecule has 6 heteroatoms. The number of hydrogen-bond acceptors (Lipinski definition) is 5. The Hall–Kier alpha value is -3.02.